The second-order valence-corrected chi connectivity index (χ2v) is 6.96. The minimum absolute atomic E-state index is 0.154. The van der Waals surface area contributed by atoms with Gasteiger partial charge in [0.25, 0.3) is 5.91 Å². The van der Waals surface area contributed by atoms with Gasteiger partial charge in [0.05, 0.1) is 11.4 Å². The highest BCUT2D eigenvalue weighted by atomic mass is 19.1. The number of anilines is 1. The molecular weight excluding hydrogens is 369 g/mol. The molecule has 2 aromatic carbocycles. The molecule has 2 heterocycles. The molecule has 0 fully saturated rings. The van der Waals surface area contributed by atoms with E-state index in [1.54, 1.807) is 36.4 Å². The fraction of sp³-hybridized carbons (Fsp3) is 0.130. The van der Waals surface area contributed by atoms with Crippen molar-refractivity contribution in [3.63, 3.8) is 0 Å². The molecule has 0 bridgehead atoms. The van der Waals surface area contributed by atoms with Crippen LogP contribution in [0.3, 0.4) is 0 Å². The van der Waals surface area contributed by atoms with Gasteiger partial charge >= 0.3 is 0 Å². The van der Waals surface area contributed by atoms with E-state index in [0.717, 1.165) is 22.5 Å². The molecule has 1 amide bonds. The minimum atomic E-state index is -0.474. The van der Waals surface area contributed by atoms with Gasteiger partial charge in [-0.2, -0.15) is 0 Å². The van der Waals surface area contributed by atoms with Crippen LogP contribution >= 0.6 is 0 Å². The average molecular weight is 389 g/mol. The van der Waals surface area contributed by atoms with Gasteiger partial charge in [0, 0.05) is 18.0 Å². The van der Waals surface area contributed by atoms with E-state index in [1.165, 1.54) is 6.07 Å². The lowest BCUT2D eigenvalue weighted by Crippen LogP contribution is -2.13. The van der Waals surface area contributed by atoms with Crippen molar-refractivity contribution in [3.8, 4) is 5.75 Å². The van der Waals surface area contributed by atoms with Crippen molar-refractivity contribution >= 4 is 17.2 Å². The Balaban J connectivity index is 1.46. The summed E-state index contributed by atoms with van der Waals surface area (Å²) in [5, 5.41) is 2.61. The first-order valence-corrected chi connectivity index (χ1v) is 9.22. The molecule has 0 saturated carbocycles. The summed E-state index contributed by atoms with van der Waals surface area (Å²) in [6.45, 7) is 4.14. The van der Waals surface area contributed by atoms with Gasteiger partial charge < -0.3 is 14.5 Å². The second kappa shape index (κ2) is 7.75. The van der Waals surface area contributed by atoms with Crippen LogP contribution in [0.15, 0.2) is 67.0 Å². The predicted molar refractivity (Wildman–Crippen MR) is 110 cm³/mol. The number of hydrogen-bond acceptors (Lipinski definition) is 3. The topological polar surface area (TPSA) is 55.6 Å². The number of rotatable bonds is 5. The average Bonchev–Trinajstić information content (AvgIpc) is 3.11. The van der Waals surface area contributed by atoms with Gasteiger partial charge in [0.15, 0.2) is 0 Å². The van der Waals surface area contributed by atoms with Crippen LogP contribution in [0, 0.1) is 19.7 Å². The van der Waals surface area contributed by atoms with E-state index in [-0.39, 0.29) is 12.3 Å². The SMILES string of the molecule is Cc1ccc(F)c(NC(=O)c2cccc(OCc3cn4cc(C)ccc4n3)c2)c1. The first kappa shape index (κ1) is 18.7. The number of hydrogen-bond donors (Lipinski definition) is 1. The number of imidazole rings is 1. The molecular formula is C23H20FN3O2. The van der Waals surface area contributed by atoms with Crippen LogP contribution in [0.1, 0.15) is 27.2 Å². The first-order valence-electron chi connectivity index (χ1n) is 9.22. The number of carbonyl (C=O) groups is 1. The minimum Gasteiger partial charge on any atom is -0.487 e. The molecule has 0 aliphatic heterocycles. The molecule has 0 aliphatic carbocycles. The Labute approximate surface area is 167 Å². The van der Waals surface area contributed by atoms with Crippen molar-refractivity contribution in [1.29, 1.82) is 0 Å². The number of aromatic nitrogens is 2. The Morgan fingerprint density at radius 1 is 1.07 bits per heavy atom. The molecule has 2 aromatic heterocycles. The quantitative estimate of drug-likeness (QED) is 0.527. The van der Waals surface area contributed by atoms with E-state index < -0.39 is 11.7 Å². The summed E-state index contributed by atoms with van der Waals surface area (Å²) in [6.07, 6.45) is 3.92. The van der Waals surface area contributed by atoms with E-state index in [1.807, 2.05) is 42.8 Å². The molecule has 0 saturated heterocycles. The van der Waals surface area contributed by atoms with Crippen LogP contribution in [-0.4, -0.2) is 15.3 Å². The van der Waals surface area contributed by atoms with Crippen molar-refractivity contribution < 1.29 is 13.9 Å². The molecule has 146 valence electrons. The number of nitrogens with zero attached hydrogens (tertiary/aromatic N) is 2. The van der Waals surface area contributed by atoms with Gasteiger partial charge in [-0.1, -0.05) is 18.2 Å². The third kappa shape index (κ3) is 4.27. The van der Waals surface area contributed by atoms with E-state index in [4.69, 9.17) is 4.74 Å². The van der Waals surface area contributed by atoms with Crippen LogP contribution in [0.2, 0.25) is 0 Å². The third-order valence-corrected chi connectivity index (χ3v) is 4.50. The van der Waals surface area contributed by atoms with Gasteiger partial charge in [0.1, 0.15) is 23.8 Å². The Morgan fingerprint density at radius 3 is 2.76 bits per heavy atom. The van der Waals surface area contributed by atoms with Crippen molar-refractivity contribution in [2.75, 3.05) is 5.32 Å². The van der Waals surface area contributed by atoms with Crippen molar-refractivity contribution in [2.24, 2.45) is 0 Å². The van der Waals surface area contributed by atoms with E-state index >= 15 is 0 Å². The molecule has 1 N–H and O–H groups in total. The van der Waals surface area contributed by atoms with Crippen molar-refractivity contribution in [1.82, 2.24) is 9.38 Å². The van der Waals surface area contributed by atoms with Gasteiger partial charge in [-0.05, 0) is 61.4 Å². The van der Waals surface area contributed by atoms with Crippen LogP contribution in [-0.2, 0) is 6.61 Å². The Kier molecular flexibility index (Phi) is 4.99. The van der Waals surface area contributed by atoms with Crippen LogP contribution in [0.25, 0.3) is 5.65 Å². The molecule has 0 atom stereocenters. The van der Waals surface area contributed by atoms with E-state index in [0.29, 0.717) is 11.3 Å². The highest BCUT2D eigenvalue weighted by molar-refractivity contribution is 6.04. The van der Waals surface area contributed by atoms with E-state index in [9.17, 15) is 9.18 Å². The summed E-state index contributed by atoms with van der Waals surface area (Å²) in [5.41, 5.74) is 4.18. The number of benzene rings is 2. The lowest BCUT2D eigenvalue weighted by molar-refractivity contribution is 0.102. The van der Waals surface area contributed by atoms with E-state index in [2.05, 4.69) is 10.3 Å². The number of amides is 1. The summed E-state index contributed by atoms with van der Waals surface area (Å²) in [6, 6.07) is 15.3. The Morgan fingerprint density at radius 2 is 1.90 bits per heavy atom. The maximum atomic E-state index is 13.9. The zero-order valence-electron chi connectivity index (χ0n) is 16.1. The van der Waals surface area contributed by atoms with Crippen LogP contribution < -0.4 is 10.1 Å². The number of fused-ring (bicyclic) bond motifs is 1. The Bertz CT molecular complexity index is 1200. The van der Waals surface area contributed by atoms with Gasteiger partial charge in [-0.25, -0.2) is 9.37 Å². The molecule has 0 spiro atoms. The third-order valence-electron chi connectivity index (χ3n) is 4.50. The highest BCUT2D eigenvalue weighted by Gasteiger charge is 2.11. The normalized spacial score (nSPS) is 10.9. The zero-order valence-corrected chi connectivity index (χ0v) is 16.1. The fourth-order valence-electron chi connectivity index (χ4n) is 3.04. The largest absolute Gasteiger partial charge is 0.487 e. The molecule has 0 aliphatic rings. The molecule has 4 rings (SSSR count). The summed E-state index contributed by atoms with van der Waals surface area (Å²) in [5.74, 6) is -0.336. The molecule has 5 nitrogen and oxygen atoms in total. The fourth-order valence-corrected chi connectivity index (χ4v) is 3.04. The highest BCUT2D eigenvalue weighted by Crippen LogP contribution is 2.19. The first-order chi connectivity index (χ1) is 14.0. The molecule has 6 heteroatoms. The van der Waals surface area contributed by atoms with Gasteiger partial charge in [0.2, 0.25) is 0 Å². The predicted octanol–water partition coefficient (Wildman–Crippen LogP) is 4.92. The lowest BCUT2D eigenvalue weighted by Gasteiger charge is -2.09. The maximum Gasteiger partial charge on any atom is 0.255 e. The smallest absolute Gasteiger partial charge is 0.255 e. The summed E-state index contributed by atoms with van der Waals surface area (Å²) in [4.78, 5) is 17.0. The standard InChI is InChI=1S/C23H20FN3O2/c1-15-6-8-20(24)21(10-15)26-23(28)17-4-3-5-19(11-17)29-14-18-13-27-12-16(2)7-9-22(27)25-18/h3-13H,14H2,1-2H3,(H,26,28). The number of carbonyl (C=O) groups excluding carboxylic acids is 1. The second-order valence-electron chi connectivity index (χ2n) is 6.96. The number of nitrogens with one attached hydrogen (secondary N) is 1. The van der Waals surface area contributed by atoms with Gasteiger partial charge in [-0.3, -0.25) is 4.79 Å². The number of pyridine rings is 1. The van der Waals surface area contributed by atoms with Crippen LogP contribution in [0.4, 0.5) is 10.1 Å². The molecule has 29 heavy (non-hydrogen) atoms. The Hall–Kier alpha value is -3.67. The maximum absolute atomic E-state index is 13.9. The molecule has 0 unspecified atom stereocenters. The summed E-state index contributed by atoms with van der Waals surface area (Å²) in [7, 11) is 0. The van der Waals surface area contributed by atoms with Crippen molar-refractivity contribution in [2.45, 2.75) is 20.5 Å². The molecule has 0 radical (unpaired) electrons. The van der Waals surface area contributed by atoms with Crippen molar-refractivity contribution in [3.05, 3.63) is 95.2 Å². The number of ether oxygens (including phenoxy) is 1. The monoisotopic (exact) mass is 389 g/mol. The number of aryl methyl sites for hydroxylation is 2. The van der Waals surface area contributed by atoms with Crippen LogP contribution in [0.5, 0.6) is 5.75 Å². The summed E-state index contributed by atoms with van der Waals surface area (Å²) < 4.78 is 21.7. The van der Waals surface area contributed by atoms with Gasteiger partial charge in [-0.15, -0.1) is 0 Å². The molecule has 4 aromatic rings. The summed E-state index contributed by atoms with van der Waals surface area (Å²) >= 11 is 0. The zero-order chi connectivity index (χ0) is 20.4. The lowest BCUT2D eigenvalue weighted by atomic mass is 10.1. The number of halogens is 1.